The number of piperazine rings is 1. The summed E-state index contributed by atoms with van der Waals surface area (Å²) in [6.45, 7) is 5.67. The lowest BCUT2D eigenvalue weighted by Crippen LogP contribution is -2.68. The van der Waals surface area contributed by atoms with Crippen molar-refractivity contribution in [1.82, 2.24) is 9.80 Å². The second-order valence-corrected chi connectivity index (χ2v) is 9.97. The Bertz CT molecular complexity index is 1320. The Morgan fingerprint density at radius 1 is 0.919 bits per heavy atom. The van der Waals surface area contributed by atoms with Gasteiger partial charge in [-0.2, -0.15) is 0 Å². The monoisotopic (exact) mass is 510 g/mol. The number of phenols is 1. The fourth-order valence-corrected chi connectivity index (χ4v) is 6.87. The number of ether oxygens (including phenoxy) is 4. The van der Waals surface area contributed by atoms with Crippen LogP contribution < -0.4 is 18.9 Å². The number of aryl methyl sites for hydroxylation is 1. The number of methoxy groups -OCH3 is 4. The van der Waals surface area contributed by atoms with E-state index in [-0.39, 0.29) is 17.4 Å². The molecule has 9 nitrogen and oxygen atoms in total. The first-order chi connectivity index (χ1) is 17.7. The van der Waals surface area contributed by atoms with Crippen LogP contribution in [-0.2, 0) is 11.2 Å². The van der Waals surface area contributed by atoms with Gasteiger partial charge in [-0.15, -0.1) is 0 Å². The topological polar surface area (TPSA) is 97.8 Å². The van der Waals surface area contributed by atoms with E-state index in [0.717, 1.165) is 11.1 Å². The van der Waals surface area contributed by atoms with E-state index in [4.69, 9.17) is 18.9 Å². The Kier molecular flexibility index (Phi) is 6.02. The van der Waals surface area contributed by atoms with E-state index in [9.17, 15) is 14.7 Å². The number of amides is 1. The molecule has 9 heteroatoms. The summed E-state index contributed by atoms with van der Waals surface area (Å²) in [6, 6.07) is -0.382. The molecule has 0 radical (unpaired) electrons. The molecular weight excluding hydrogens is 476 g/mol. The summed E-state index contributed by atoms with van der Waals surface area (Å²) in [6.07, 6.45) is 0.978. The number of fused-ring (bicyclic) bond motifs is 7. The number of ketones is 1. The number of phenolic OH excluding ortho intramolecular Hbond substituents is 1. The largest absolute Gasteiger partial charge is 0.504 e. The van der Waals surface area contributed by atoms with Crippen molar-refractivity contribution < 1.29 is 33.6 Å². The minimum absolute atomic E-state index is 0.0178. The molecule has 198 valence electrons. The smallest absolute Gasteiger partial charge is 0.241 e. The van der Waals surface area contributed by atoms with Gasteiger partial charge in [0.25, 0.3) is 0 Å². The Balaban J connectivity index is 1.84. The van der Waals surface area contributed by atoms with Crippen molar-refractivity contribution in [2.75, 3.05) is 35.5 Å². The van der Waals surface area contributed by atoms with Crippen molar-refractivity contribution in [1.29, 1.82) is 0 Å². The highest BCUT2D eigenvalue weighted by atomic mass is 16.5. The van der Waals surface area contributed by atoms with Gasteiger partial charge in [-0.05, 0) is 44.9 Å². The van der Waals surface area contributed by atoms with Gasteiger partial charge in [0.05, 0.1) is 52.1 Å². The van der Waals surface area contributed by atoms with Crippen LogP contribution in [0.15, 0.2) is 6.07 Å². The van der Waals surface area contributed by atoms with E-state index in [1.807, 2.05) is 38.8 Å². The van der Waals surface area contributed by atoms with E-state index in [1.165, 1.54) is 21.3 Å². The molecule has 5 rings (SSSR count). The number of benzene rings is 2. The molecular formula is C28H34N2O7. The maximum absolute atomic E-state index is 14.5. The molecule has 0 aliphatic carbocycles. The minimum Gasteiger partial charge on any atom is -0.504 e. The van der Waals surface area contributed by atoms with Gasteiger partial charge in [-0.3, -0.25) is 14.5 Å². The average Bonchev–Trinajstić information content (AvgIpc) is 2.87. The summed E-state index contributed by atoms with van der Waals surface area (Å²) in [5.41, 5.74) is 3.93. The summed E-state index contributed by atoms with van der Waals surface area (Å²) in [5, 5.41) is 11.4. The van der Waals surface area contributed by atoms with Crippen molar-refractivity contribution in [2.45, 2.75) is 57.8 Å². The van der Waals surface area contributed by atoms with Gasteiger partial charge >= 0.3 is 0 Å². The molecule has 0 saturated carbocycles. The number of carbonyl (C=O) groups is 2. The highest BCUT2D eigenvalue weighted by molar-refractivity contribution is 6.10. The zero-order chi connectivity index (χ0) is 26.9. The molecule has 4 atom stereocenters. The van der Waals surface area contributed by atoms with Crippen LogP contribution in [0.1, 0.15) is 63.6 Å². The molecule has 2 aromatic carbocycles. The van der Waals surface area contributed by atoms with Gasteiger partial charge in [0.15, 0.2) is 28.8 Å². The van der Waals surface area contributed by atoms with Gasteiger partial charge < -0.3 is 29.0 Å². The molecule has 1 amide bonds. The molecule has 3 aliphatic rings. The number of carbonyl (C=O) groups excluding carboxylic acids is 2. The van der Waals surface area contributed by atoms with E-state index < -0.39 is 24.2 Å². The molecule has 2 unspecified atom stereocenters. The fraction of sp³-hybridized carbons (Fsp3) is 0.500. The standard InChI is InChI=1S/C28H34N2O7/c1-9-15-18-19(25(35-6)13(3)26(36-7)27(18)37-8)22(31)21-20-17-14(10-12(2)24(34-5)23(17)32)11-16(29(20)4)28(33)30(15)21/h10,15-16,20-21,32H,9,11H2,1-8H3/t15-,16-,20?,21?/m0/s1. The molecule has 1 saturated heterocycles. The number of likely N-dealkylation sites (N-methyl/N-ethyl adjacent to an activating group) is 1. The van der Waals surface area contributed by atoms with Gasteiger partial charge in [-0.25, -0.2) is 0 Å². The van der Waals surface area contributed by atoms with Crippen LogP contribution in [0.5, 0.6) is 28.7 Å². The predicted molar refractivity (Wildman–Crippen MR) is 136 cm³/mol. The van der Waals surface area contributed by atoms with Crippen LogP contribution in [0, 0.1) is 13.8 Å². The molecule has 0 aromatic heterocycles. The van der Waals surface area contributed by atoms with Crippen LogP contribution in [0.4, 0.5) is 0 Å². The maximum Gasteiger partial charge on any atom is 0.241 e. The molecule has 3 heterocycles. The van der Waals surface area contributed by atoms with Crippen molar-refractivity contribution >= 4 is 11.7 Å². The third-order valence-electron chi connectivity index (χ3n) is 8.36. The second-order valence-electron chi connectivity index (χ2n) is 9.97. The number of rotatable bonds is 5. The first kappa shape index (κ1) is 25.2. The lowest BCUT2D eigenvalue weighted by Gasteiger charge is -2.56. The van der Waals surface area contributed by atoms with E-state index in [0.29, 0.717) is 58.1 Å². The number of aromatic hydroxyl groups is 1. The van der Waals surface area contributed by atoms with Gasteiger partial charge in [0, 0.05) is 16.7 Å². The Morgan fingerprint density at radius 2 is 1.54 bits per heavy atom. The summed E-state index contributed by atoms with van der Waals surface area (Å²) in [4.78, 5) is 32.3. The third-order valence-corrected chi connectivity index (χ3v) is 8.36. The second kappa shape index (κ2) is 8.83. The highest BCUT2D eigenvalue weighted by Gasteiger charge is 2.58. The average molecular weight is 511 g/mol. The summed E-state index contributed by atoms with van der Waals surface area (Å²) in [7, 11) is 7.98. The van der Waals surface area contributed by atoms with Crippen LogP contribution in [0.25, 0.3) is 0 Å². The summed E-state index contributed by atoms with van der Waals surface area (Å²) < 4.78 is 22.8. The summed E-state index contributed by atoms with van der Waals surface area (Å²) >= 11 is 0. The van der Waals surface area contributed by atoms with Crippen LogP contribution in [0.2, 0.25) is 0 Å². The van der Waals surface area contributed by atoms with Crippen molar-refractivity contribution in [3.8, 4) is 28.7 Å². The first-order valence-electron chi connectivity index (χ1n) is 12.5. The third kappa shape index (κ3) is 3.13. The number of hydrogen-bond acceptors (Lipinski definition) is 8. The van der Waals surface area contributed by atoms with E-state index in [1.54, 1.807) is 12.0 Å². The van der Waals surface area contributed by atoms with Crippen LogP contribution in [-0.4, -0.2) is 74.2 Å². The Morgan fingerprint density at radius 3 is 2.11 bits per heavy atom. The summed E-state index contributed by atoms with van der Waals surface area (Å²) in [5.74, 6) is 1.35. The fourth-order valence-electron chi connectivity index (χ4n) is 6.87. The molecule has 3 aliphatic heterocycles. The van der Waals surface area contributed by atoms with Crippen LogP contribution in [0.3, 0.4) is 0 Å². The van der Waals surface area contributed by atoms with Crippen molar-refractivity contribution in [3.05, 3.63) is 39.4 Å². The SMILES string of the molecule is CC[C@H]1c2c(OC)c(OC)c(C)c(OC)c2C(=O)C2C3c4c(cc(C)c(OC)c4O)C[C@@H](C(=O)N21)N3C. The highest BCUT2D eigenvalue weighted by Crippen LogP contribution is 2.57. The quantitative estimate of drug-likeness (QED) is 0.653. The zero-order valence-electron chi connectivity index (χ0n) is 22.6. The molecule has 1 N–H and O–H groups in total. The maximum atomic E-state index is 14.5. The Labute approximate surface area is 216 Å². The molecule has 1 fully saturated rings. The molecule has 0 spiro atoms. The lowest BCUT2D eigenvalue weighted by molar-refractivity contribution is -0.153. The number of hydrogen-bond donors (Lipinski definition) is 1. The van der Waals surface area contributed by atoms with Crippen molar-refractivity contribution in [3.63, 3.8) is 0 Å². The van der Waals surface area contributed by atoms with E-state index in [2.05, 4.69) is 0 Å². The van der Waals surface area contributed by atoms with Gasteiger partial charge in [0.2, 0.25) is 5.91 Å². The zero-order valence-corrected chi connectivity index (χ0v) is 22.6. The van der Waals surface area contributed by atoms with Crippen molar-refractivity contribution in [2.24, 2.45) is 0 Å². The first-order valence-corrected chi connectivity index (χ1v) is 12.5. The Hall–Kier alpha value is -3.46. The van der Waals surface area contributed by atoms with Crippen LogP contribution >= 0.6 is 0 Å². The lowest BCUT2D eigenvalue weighted by atomic mass is 9.72. The van der Waals surface area contributed by atoms with E-state index >= 15 is 0 Å². The molecule has 2 bridgehead atoms. The minimum atomic E-state index is -0.866. The van der Waals surface area contributed by atoms with Gasteiger partial charge in [-0.1, -0.05) is 13.0 Å². The predicted octanol–water partition coefficient (Wildman–Crippen LogP) is 3.50. The molecule has 2 aromatic rings. The number of nitrogens with zero attached hydrogens (tertiary/aromatic N) is 2. The number of Topliss-reactive ketones (excluding diaryl/α,β-unsaturated/α-hetero) is 1. The molecule has 37 heavy (non-hydrogen) atoms. The van der Waals surface area contributed by atoms with Gasteiger partial charge in [0.1, 0.15) is 11.8 Å². The normalized spacial score (nSPS) is 24.3.